The van der Waals surface area contributed by atoms with Crippen molar-refractivity contribution in [1.82, 2.24) is 30.5 Å². The van der Waals surface area contributed by atoms with Crippen molar-refractivity contribution in [2.45, 2.75) is 20.0 Å². The first-order chi connectivity index (χ1) is 20.1. The number of carbonyl (C=O) groups is 1. The molecule has 0 unspecified atom stereocenters. The smallest absolute Gasteiger partial charge is 0.169 e. The molecule has 7 rings (SSSR count). The summed E-state index contributed by atoms with van der Waals surface area (Å²) < 4.78 is 0. The fourth-order valence-electron chi connectivity index (χ4n) is 5.13. The van der Waals surface area contributed by atoms with Gasteiger partial charge in [-0.1, -0.05) is 36.4 Å². The third-order valence-corrected chi connectivity index (χ3v) is 8.42. The minimum Gasteiger partial charge on any atom is -0.338 e. The van der Waals surface area contributed by atoms with E-state index < -0.39 is 0 Å². The number of H-pyrrole nitrogens is 2. The molecule has 200 valence electrons. The fraction of sp³-hybridized carbons (Fsp3) is 0.0909. The number of thiophene rings is 1. The summed E-state index contributed by atoms with van der Waals surface area (Å²) in [5, 5.41) is 13.3. The average molecular weight is 555 g/mol. The van der Waals surface area contributed by atoms with E-state index in [-0.39, 0.29) is 5.78 Å². The number of pyridine rings is 2. The number of carbonyl (C=O) groups excluding carboxylic acids is 1. The highest BCUT2D eigenvalue weighted by Crippen LogP contribution is 2.37. The number of aromatic nitrogens is 5. The van der Waals surface area contributed by atoms with Gasteiger partial charge in [-0.2, -0.15) is 5.10 Å². The molecule has 0 aliphatic rings. The van der Waals surface area contributed by atoms with Crippen molar-refractivity contribution in [3.63, 3.8) is 0 Å². The van der Waals surface area contributed by atoms with Gasteiger partial charge in [0.15, 0.2) is 5.78 Å². The van der Waals surface area contributed by atoms with Crippen molar-refractivity contribution in [1.29, 1.82) is 0 Å². The van der Waals surface area contributed by atoms with Gasteiger partial charge in [-0.05, 0) is 66.1 Å². The van der Waals surface area contributed by atoms with E-state index in [1.165, 1.54) is 16.9 Å². The normalized spacial score (nSPS) is 11.4. The number of fused-ring (bicyclic) bond motifs is 2. The van der Waals surface area contributed by atoms with Gasteiger partial charge >= 0.3 is 0 Å². The van der Waals surface area contributed by atoms with Crippen molar-refractivity contribution >= 4 is 39.1 Å². The van der Waals surface area contributed by atoms with Crippen LogP contribution in [0.15, 0.2) is 97.5 Å². The first-order valence-electron chi connectivity index (χ1n) is 13.4. The Kier molecular flexibility index (Phi) is 6.47. The highest BCUT2D eigenvalue weighted by atomic mass is 32.1. The molecule has 0 aliphatic carbocycles. The van der Waals surface area contributed by atoms with Crippen LogP contribution in [-0.4, -0.2) is 30.9 Å². The van der Waals surface area contributed by atoms with Gasteiger partial charge in [0.1, 0.15) is 11.3 Å². The molecular weight excluding hydrogens is 528 g/mol. The lowest BCUT2D eigenvalue weighted by Gasteiger charge is -2.08. The Balaban J connectivity index is 1.19. The highest BCUT2D eigenvalue weighted by molar-refractivity contribution is 7.17. The molecule has 0 fully saturated rings. The first-order valence-corrected chi connectivity index (χ1v) is 14.2. The Bertz CT molecular complexity index is 2020. The molecule has 0 saturated carbocycles. The summed E-state index contributed by atoms with van der Waals surface area (Å²) in [5.41, 5.74) is 8.99. The number of rotatable bonds is 8. The molecule has 7 nitrogen and oxygen atoms in total. The Morgan fingerprint density at radius 2 is 1.76 bits per heavy atom. The molecule has 3 N–H and O–H groups in total. The highest BCUT2D eigenvalue weighted by Gasteiger charge is 2.16. The van der Waals surface area contributed by atoms with Crippen LogP contribution in [0, 0.1) is 0 Å². The van der Waals surface area contributed by atoms with Crippen LogP contribution in [0.5, 0.6) is 0 Å². The van der Waals surface area contributed by atoms with E-state index in [1.54, 1.807) is 13.1 Å². The predicted octanol–water partition coefficient (Wildman–Crippen LogP) is 7.39. The molecule has 0 atom stereocenters. The Morgan fingerprint density at radius 1 is 0.878 bits per heavy atom. The number of nitrogens with zero attached hydrogens (tertiary/aromatic N) is 3. The second kappa shape index (κ2) is 10.6. The Morgan fingerprint density at radius 3 is 2.61 bits per heavy atom. The molecule has 0 spiro atoms. The minimum absolute atomic E-state index is 0.0734. The fourth-order valence-corrected chi connectivity index (χ4v) is 6.07. The van der Waals surface area contributed by atoms with Gasteiger partial charge in [-0.25, -0.2) is 4.98 Å². The molecule has 0 radical (unpaired) electrons. The molecule has 0 bridgehead atoms. The van der Waals surface area contributed by atoms with Crippen LogP contribution in [0.2, 0.25) is 0 Å². The number of hydrogen-bond acceptors (Lipinski definition) is 6. The second-order valence-corrected chi connectivity index (χ2v) is 11.1. The van der Waals surface area contributed by atoms with E-state index >= 15 is 0 Å². The lowest BCUT2D eigenvalue weighted by molar-refractivity contribution is 0.102. The number of ketones is 1. The molecule has 0 aliphatic heterocycles. The minimum atomic E-state index is 0.0734. The van der Waals surface area contributed by atoms with E-state index in [0.717, 1.165) is 78.4 Å². The zero-order valence-electron chi connectivity index (χ0n) is 22.3. The molecule has 2 aromatic carbocycles. The molecule has 41 heavy (non-hydrogen) atoms. The lowest BCUT2D eigenvalue weighted by Crippen LogP contribution is -2.12. The van der Waals surface area contributed by atoms with Gasteiger partial charge in [0.2, 0.25) is 0 Å². The maximum absolute atomic E-state index is 11.9. The topological polar surface area (TPSA) is 99.4 Å². The van der Waals surface area contributed by atoms with Crippen LogP contribution in [0.1, 0.15) is 27.7 Å². The Hall–Kier alpha value is -4.92. The molecule has 7 aromatic rings. The number of benzene rings is 2. The second-order valence-electron chi connectivity index (χ2n) is 10.0. The van der Waals surface area contributed by atoms with E-state index in [1.807, 2.05) is 36.7 Å². The van der Waals surface area contributed by atoms with Crippen LogP contribution in [-0.2, 0) is 13.1 Å². The summed E-state index contributed by atoms with van der Waals surface area (Å²) in [6.45, 7) is 3.14. The molecule has 5 heterocycles. The van der Waals surface area contributed by atoms with Gasteiger partial charge in [-0.15, -0.1) is 11.3 Å². The number of Topliss-reactive ketones (excluding diaryl/α,β-unsaturated/α-hetero) is 1. The quantitative estimate of drug-likeness (QED) is 0.170. The molecule has 0 saturated heterocycles. The third-order valence-electron chi connectivity index (χ3n) is 7.20. The zero-order chi connectivity index (χ0) is 27.8. The number of hydrogen-bond donors (Lipinski definition) is 3. The molecule has 8 heteroatoms. The average Bonchev–Trinajstić information content (AvgIpc) is 3.76. The van der Waals surface area contributed by atoms with Crippen LogP contribution in [0.4, 0.5) is 0 Å². The van der Waals surface area contributed by atoms with Gasteiger partial charge < -0.3 is 10.3 Å². The van der Waals surface area contributed by atoms with E-state index in [4.69, 9.17) is 0 Å². The van der Waals surface area contributed by atoms with Crippen molar-refractivity contribution in [2.75, 3.05) is 0 Å². The predicted molar refractivity (Wildman–Crippen MR) is 165 cm³/mol. The summed E-state index contributed by atoms with van der Waals surface area (Å²) in [5.74, 6) is 0.0734. The molecule has 0 amide bonds. The zero-order valence-corrected chi connectivity index (χ0v) is 23.1. The van der Waals surface area contributed by atoms with E-state index in [9.17, 15) is 4.79 Å². The van der Waals surface area contributed by atoms with Gasteiger partial charge in [0.05, 0.1) is 16.1 Å². The molecular formula is C33H26N6OS. The Labute approximate surface area is 240 Å². The van der Waals surface area contributed by atoms with Crippen molar-refractivity contribution in [3.8, 4) is 33.0 Å². The largest absolute Gasteiger partial charge is 0.338 e. The SMILES string of the molecule is CC(=O)c1ccc(-c2ccnc3[nH]c(-c4n[nH]c5ccc(-c6cncc(CNCc7ccccc7)c6)cc45)cc23)s1. The summed E-state index contributed by atoms with van der Waals surface area (Å²) in [7, 11) is 0. The van der Waals surface area contributed by atoms with Crippen LogP contribution in [0.3, 0.4) is 0 Å². The van der Waals surface area contributed by atoms with E-state index in [2.05, 4.69) is 85.1 Å². The third kappa shape index (κ3) is 4.95. The summed E-state index contributed by atoms with van der Waals surface area (Å²) >= 11 is 1.50. The standard InChI is InChI=1S/C33H26N6OS/c1-20(40)30-9-10-31(41-30)25-11-12-36-33-26(25)15-29(37-33)32-27-14-23(7-8-28(27)38-39-32)24-13-22(18-35-19-24)17-34-16-21-5-3-2-4-6-21/h2-15,18-19,34H,16-17H2,1H3,(H,36,37)(H,38,39). The maximum atomic E-state index is 11.9. The maximum Gasteiger partial charge on any atom is 0.169 e. The first kappa shape index (κ1) is 25.1. The monoisotopic (exact) mass is 554 g/mol. The van der Waals surface area contributed by atoms with Gasteiger partial charge in [-0.3, -0.25) is 14.9 Å². The van der Waals surface area contributed by atoms with Gasteiger partial charge in [0, 0.05) is 58.5 Å². The van der Waals surface area contributed by atoms with Crippen molar-refractivity contribution < 1.29 is 4.79 Å². The van der Waals surface area contributed by atoms with Crippen molar-refractivity contribution in [2.24, 2.45) is 0 Å². The number of aromatic amines is 2. The van der Waals surface area contributed by atoms with Crippen LogP contribution < -0.4 is 5.32 Å². The number of nitrogens with one attached hydrogen (secondary N) is 3. The van der Waals surface area contributed by atoms with Crippen molar-refractivity contribution in [3.05, 3.63) is 113 Å². The van der Waals surface area contributed by atoms with Crippen LogP contribution >= 0.6 is 11.3 Å². The molecule has 5 aromatic heterocycles. The summed E-state index contributed by atoms with van der Waals surface area (Å²) in [6, 6.07) is 26.8. The van der Waals surface area contributed by atoms with E-state index in [0.29, 0.717) is 0 Å². The van der Waals surface area contributed by atoms with Gasteiger partial charge in [0.25, 0.3) is 0 Å². The summed E-state index contributed by atoms with van der Waals surface area (Å²) in [4.78, 5) is 26.2. The summed E-state index contributed by atoms with van der Waals surface area (Å²) in [6.07, 6.45) is 5.60. The lowest BCUT2D eigenvalue weighted by atomic mass is 10.0. The van der Waals surface area contributed by atoms with Crippen LogP contribution in [0.25, 0.3) is 54.9 Å².